The van der Waals surface area contributed by atoms with Gasteiger partial charge < -0.3 is 10.1 Å². The first-order chi connectivity index (χ1) is 14.5. The summed E-state index contributed by atoms with van der Waals surface area (Å²) in [5.41, 5.74) is -1.27. The third kappa shape index (κ3) is 3.38. The van der Waals surface area contributed by atoms with Crippen LogP contribution >= 0.6 is 0 Å². The minimum absolute atomic E-state index is 0.0304. The molecule has 8 heteroatoms. The number of fused-ring (bicyclic) bond motifs is 1. The van der Waals surface area contributed by atoms with E-state index >= 15 is 0 Å². The van der Waals surface area contributed by atoms with Crippen LogP contribution in [-0.4, -0.2) is 22.3 Å². The lowest BCUT2D eigenvalue weighted by molar-refractivity contribution is -0.148. The fraction of sp³-hybridized carbons (Fsp3) is 0.391. The van der Waals surface area contributed by atoms with Crippen molar-refractivity contribution in [3.05, 3.63) is 53.6 Å². The fourth-order valence-electron chi connectivity index (χ4n) is 5.07. The summed E-state index contributed by atoms with van der Waals surface area (Å²) >= 11 is 0. The van der Waals surface area contributed by atoms with Gasteiger partial charge in [0.05, 0.1) is 22.7 Å². The van der Waals surface area contributed by atoms with Crippen LogP contribution in [0.25, 0.3) is 10.9 Å². The van der Waals surface area contributed by atoms with E-state index in [1.807, 2.05) is 52.0 Å². The molecule has 1 fully saturated rings. The van der Waals surface area contributed by atoms with Crippen LogP contribution < -0.4 is 10.1 Å². The summed E-state index contributed by atoms with van der Waals surface area (Å²) in [5.74, 6) is 0.832. The number of nitriles is 1. The zero-order valence-corrected chi connectivity index (χ0v) is 17.6. The maximum Gasteiger partial charge on any atom is 0.417 e. The second kappa shape index (κ2) is 6.91. The van der Waals surface area contributed by atoms with Crippen molar-refractivity contribution in [2.45, 2.75) is 46.0 Å². The van der Waals surface area contributed by atoms with Gasteiger partial charge in [0.15, 0.2) is 5.82 Å². The van der Waals surface area contributed by atoms with Crippen molar-refractivity contribution in [2.24, 2.45) is 10.8 Å². The van der Waals surface area contributed by atoms with E-state index in [2.05, 4.69) is 15.5 Å². The molecule has 0 amide bonds. The zero-order chi connectivity index (χ0) is 22.6. The topological polar surface area (TPSA) is 73.7 Å². The maximum absolute atomic E-state index is 13.3. The molecule has 162 valence electrons. The molecule has 4 rings (SSSR count). The first kappa shape index (κ1) is 21.0. The Morgan fingerprint density at radius 3 is 2.42 bits per heavy atom. The first-order valence-corrected chi connectivity index (χ1v) is 9.94. The molecule has 1 aliphatic carbocycles. The molecule has 0 bridgehead atoms. The van der Waals surface area contributed by atoms with Crippen LogP contribution in [0, 0.1) is 22.2 Å². The normalized spacial score (nSPS) is 21.9. The van der Waals surface area contributed by atoms with Gasteiger partial charge in [-0.15, -0.1) is 0 Å². The first-order valence-electron chi connectivity index (χ1n) is 9.94. The summed E-state index contributed by atoms with van der Waals surface area (Å²) in [6.07, 6.45) is -4.98. The number of alkyl halides is 3. The third-order valence-electron chi connectivity index (χ3n) is 6.26. The minimum Gasteiger partial charge on any atom is -0.489 e. The van der Waals surface area contributed by atoms with E-state index in [0.717, 1.165) is 28.9 Å². The predicted molar refractivity (Wildman–Crippen MR) is 112 cm³/mol. The number of hydrogen-bond donors (Lipinski definition) is 2. The molecule has 1 heterocycles. The molecule has 1 saturated carbocycles. The summed E-state index contributed by atoms with van der Waals surface area (Å²) in [6.45, 7) is 8.07. The van der Waals surface area contributed by atoms with Crippen molar-refractivity contribution < 1.29 is 17.9 Å². The standard InChI is InChI=1S/C23H23F3N4O/c1-21(2)19(28-18-15-7-5-6-8-17(15)29-30-18)22(3,4)20(21)31-14-10-9-13(12-27)16(11-14)23(24,25)26/h5-11,19-20H,1-4H3,(H2,28,29,30)/t19-,20-. The summed E-state index contributed by atoms with van der Waals surface area (Å²) < 4.78 is 46.1. The molecule has 3 aromatic rings. The smallest absolute Gasteiger partial charge is 0.417 e. The Labute approximate surface area is 178 Å². The Hall–Kier alpha value is -3.21. The van der Waals surface area contributed by atoms with Gasteiger partial charge in [0.2, 0.25) is 0 Å². The minimum atomic E-state index is -4.62. The second-order valence-corrected chi connectivity index (χ2v) is 9.15. The van der Waals surface area contributed by atoms with Crippen molar-refractivity contribution >= 4 is 16.7 Å². The van der Waals surface area contributed by atoms with Gasteiger partial charge in [-0.2, -0.15) is 23.5 Å². The number of aromatic amines is 1. The lowest BCUT2D eigenvalue weighted by atomic mass is 9.49. The van der Waals surface area contributed by atoms with Crippen LogP contribution in [0.15, 0.2) is 42.5 Å². The van der Waals surface area contributed by atoms with Gasteiger partial charge in [-0.25, -0.2) is 0 Å². The van der Waals surface area contributed by atoms with Crippen LogP contribution in [0.3, 0.4) is 0 Å². The van der Waals surface area contributed by atoms with Crippen LogP contribution in [0.2, 0.25) is 0 Å². The van der Waals surface area contributed by atoms with E-state index in [9.17, 15) is 13.2 Å². The number of aromatic nitrogens is 2. The number of hydrogen-bond acceptors (Lipinski definition) is 4. The van der Waals surface area contributed by atoms with Gasteiger partial charge in [0.1, 0.15) is 11.9 Å². The number of nitrogens with zero attached hydrogens (tertiary/aromatic N) is 2. The van der Waals surface area contributed by atoms with E-state index in [1.54, 1.807) is 6.07 Å². The lowest BCUT2D eigenvalue weighted by Crippen LogP contribution is -2.72. The predicted octanol–water partition coefficient (Wildman–Crippen LogP) is 5.75. The molecule has 0 aliphatic heterocycles. The summed E-state index contributed by atoms with van der Waals surface area (Å²) in [7, 11) is 0. The van der Waals surface area contributed by atoms with Crippen molar-refractivity contribution in [3.63, 3.8) is 0 Å². The number of ether oxygens (including phenoxy) is 1. The lowest BCUT2D eigenvalue weighted by Gasteiger charge is -2.63. The molecular formula is C23H23F3N4O. The molecule has 1 aliphatic rings. The van der Waals surface area contributed by atoms with E-state index in [0.29, 0.717) is 0 Å². The maximum atomic E-state index is 13.3. The van der Waals surface area contributed by atoms with Crippen LogP contribution in [-0.2, 0) is 6.18 Å². The van der Waals surface area contributed by atoms with E-state index < -0.39 is 28.1 Å². The SMILES string of the molecule is CC1(C)[C@H](Nc2n[nH]c3ccccc23)C(C)(C)[C@H]1Oc1ccc(C#N)c(C(F)(F)F)c1. The van der Waals surface area contributed by atoms with Gasteiger partial charge >= 0.3 is 6.18 Å². The molecule has 5 nitrogen and oxygen atoms in total. The van der Waals surface area contributed by atoms with Gasteiger partial charge in [-0.05, 0) is 30.3 Å². The van der Waals surface area contributed by atoms with Gasteiger partial charge in [-0.1, -0.05) is 39.8 Å². The highest BCUT2D eigenvalue weighted by Gasteiger charge is 2.64. The van der Waals surface area contributed by atoms with E-state index in [-0.39, 0.29) is 17.9 Å². The molecule has 0 radical (unpaired) electrons. The summed E-state index contributed by atoms with van der Waals surface area (Å²) in [5, 5.41) is 20.9. The average Bonchev–Trinajstić information content (AvgIpc) is 3.12. The Balaban J connectivity index is 1.59. The van der Waals surface area contributed by atoms with Crippen molar-refractivity contribution in [1.29, 1.82) is 5.26 Å². The number of halogens is 3. The van der Waals surface area contributed by atoms with Crippen molar-refractivity contribution in [3.8, 4) is 11.8 Å². The highest BCUT2D eigenvalue weighted by atomic mass is 19.4. The molecule has 0 atom stereocenters. The van der Waals surface area contributed by atoms with Crippen LogP contribution in [0.1, 0.15) is 38.8 Å². The number of nitrogens with one attached hydrogen (secondary N) is 2. The molecule has 0 spiro atoms. The van der Waals surface area contributed by atoms with E-state index in [4.69, 9.17) is 10.00 Å². The molecule has 1 aromatic heterocycles. The van der Waals surface area contributed by atoms with Crippen molar-refractivity contribution in [1.82, 2.24) is 10.2 Å². The fourth-order valence-corrected chi connectivity index (χ4v) is 5.07. The molecule has 31 heavy (non-hydrogen) atoms. The highest BCUT2D eigenvalue weighted by Crippen LogP contribution is 2.57. The molecule has 2 aromatic carbocycles. The molecular weight excluding hydrogens is 405 g/mol. The summed E-state index contributed by atoms with van der Waals surface area (Å²) in [4.78, 5) is 0. The highest BCUT2D eigenvalue weighted by molar-refractivity contribution is 5.89. The molecule has 0 unspecified atom stereocenters. The van der Waals surface area contributed by atoms with Gasteiger partial charge in [0, 0.05) is 22.3 Å². The van der Waals surface area contributed by atoms with Crippen LogP contribution in [0.5, 0.6) is 5.75 Å². The number of H-pyrrole nitrogens is 1. The van der Waals surface area contributed by atoms with Crippen molar-refractivity contribution in [2.75, 3.05) is 5.32 Å². The third-order valence-corrected chi connectivity index (χ3v) is 6.26. The van der Waals surface area contributed by atoms with Crippen LogP contribution in [0.4, 0.5) is 19.0 Å². The zero-order valence-electron chi connectivity index (χ0n) is 17.6. The summed E-state index contributed by atoms with van der Waals surface area (Å²) in [6, 6.07) is 12.8. The number of rotatable bonds is 4. The van der Waals surface area contributed by atoms with Gasteiger partial charge in [-0.3, -0.25) is 5.10 Å². The average molecular weight is 428 g/mol. The van der Waals surface area contributed by atoms with E-state index in [1.165, 1.54) is 6.07 Å². The monoisotopic (exact) mass is 428 g/mol. The second-order valence-electron chi connectivity index (χ2n) is 9.15. The largest absolute Gasteiger partial charge is 0.489 e. The Morgan fingerprint density at radius 1 is 1.10 bits per heavy atom. The Kier molecular flexibility index (Phi) is 4.69. The number of benzene rings is 2. The molecule has 2 N–H and O–H groups in total. The van der Waals surface area contributed by atoms with Gasteiger partial charge in [0.25, 0.3) is 0 Å². The molecule has 0 saturated heterocycles. The number of anilines is 1. The quantitative estimate of drug-likeness (QED) is 0.555. The Bertz CT molecular complexity index is 1160. The Morgan fingerprint density at radius 2 is 1.77 bits per heavy atom. The number of para-hydroxylation sites is 1.